The van der Waals surface area contributed by atoms with Crippen LogP contribution in [-0.4, -0.2) is 33.0 Å². The number of carbonyl (C=O) groups is 1. The highest BCUT2D eigenvalue weighted by atomic mass is 32.2. The van der Waals surface area contributed by atoms with E-state index in [2.05, 4.69) is 15.7 Å². The predicted molar refractivity (Wildman–Crippen MR) is 95.2 cm³/mol. The van der Waals surface area contributed by atoms with Crippen molar-refractivity contribution in [3.8, 4) is 16.4 Å². The fourth-order valence-corrected chi connectivity index (χ4v) is 3.49. The Hall–Kier alpha value is -2.16. The molecule has 0 aliphatic carbocycles. The fourth-order valence-electron chi connectivity index (χ4n) is 2.05. The number of nitrogens with zero attached hydrogens (tertiary/aromatic N) is 3. The van der Waals surface area contributed by atoms with Crippen LogP contribution in [0.15, 0.2) is 53.0 Å². The van der Waals surface area contributed by atoms with Gasteiger partial charge in [0.05, 0.1) is 17.2 Å². The van der Waals surface area contributed by atoms with E-state index in [-0.39, 0.29) is 11.7 Å². The SMILES string of the molecule is CCONC(=O)CSc1nnc(-c2cccs2)n1-c1ccccc1. The number of hydroxylamine groups is 1. The van der Waals surface area contributed by atoms with Crippen LogP contribution in [0.2, 0.25) is 0 Å². The van der Waals surface area contributed by atoms with Crippen molar-refractivity contribution in [2.75, 3.05) is 12.4 Å². The number of thiophene rings is 1. The van der Waals surface area contributed by atoms with Gasteiger partial charge in [-0.05, 0) is 30.5 Å². The molecule has 1 N–H and O–H groups in total. The number of amides is 1. The third kappa shape index (κ3) is 3.84. The van der Waals surface area contributed by atoms with E-state index in [1.807, 2.05) is 59.3 Å². The molecule has 0 unspecified atom stereocenters. The highest BCUT2D eigenvalue weighted by Crippen LogP contribution is 2.30. The van der Waals surface area contributed by atoms with Gasteiger partial charge in [-0.25, -0.2) is 5.48 Å². The van der Waals surface area contributed by atoms with Gasteiger partial charge in [0.2, 0.25) is 0 Å². The molecule has 0 saturated heterocycles. The first kappa shape index (κ1) is 16.7. The maximum Gasteiger partial charge on any atom is 0.254 e. The molecule has 2 aromatic heterocycles. The molecule has 0 saturated carbocycles. The minimum absolute atomic E-state index is 0.204. The molecule has 8 heteroatoms. The summed E-state index contributed by atoms with van der Waals surface area (Å²) in [7, 11) is 0. The molecule has 0 radical (unpaired) electrons. The summed E-state index contributed by atoms with van der Waals surface area (Å²) in [4.78, 5) is 17.7. The Kier molecular flexibility index (Phi) is 5.63. The molecule has 0 fully saturated rings. The second-order valence-corrected chi connectivity index (χ2v) is 6.59. The summed E-state index contributed by atoms with van der Waals surface area (Å²) < 4.78 is 1.96. The predicted octanol–water partition coefficient (Wildman–Crippen LogP) is 3.16. The largest absolute Gasteiger partial charge is 0.274 e. The van der Waals surface area contributed by atoms with Crippen molar-refractivity contribution in [1.82, 2.24) is 20.2 Å². The second kappa shape index (κ2) is 8.09. The number of carbonyl (C=O) groups excluding carboxylic acids is 1. The van der Waals surface area contributed by atoms with Crippen molar-refractivity contribution in [2.24, 2.45) is 0 Å². The molecule has 0 aliphatic heterocycles. The summed E-state index contributed by atoms with van der Waals surface area (Å²) in [6.07, 6.45) is 0. The van der Waals surface area contributed by atoms with Crippen molar-refractivity contribution >= 4 is 29.0 Å². The third-order valence-electron chi connectivity index (χ3n) is 3.05. The van der Waals surface area contributed by atoms with Gasteiger partial charge < -0.3 is 0 Å². The topological polar surface area (TPSA) is 69.0 Å². The summed E-state index contributed by atoms with van der Waals surface area (Å²) in [6, 6.07) is 13.8. The lowest BCUT2D eigenvalue weighted by Crippen LogP contribution is -2.25. The monoisotopic (exact) mass is 360 g/mol. The molecule has 1 amide bonds. The van der Waals surface area contributed by atoms with Crippen molar-refractivity contribution < 1.29 is 9.63 Å². The van der Waals surface area contributed by atoms with Crippen molar-refractivity contribution in [1.29, 1.82) is 0 Å². The first-order valence-electron chi connectivity index (χ1n) is 7.37. The van der Waals surface area contributed by atoms with E-state index in [1.54, 1.807) is 11.3 Å². The normalized spacial score (nSPS) is 10.7. The lowest BCUT2D eigenvalue weighted by molar-refractivity contribution is -0.130. The van der Waals surface area contributed by atoms with Crippen LogP contribution in [0.1, 0.15) is 6.92 Å². The number of nitrogens with one attached hydrogen (secondary N) is 1. The summed E-state index contributed by atoms with van der Waals surface area (Å²) in [5, 5.41) is 11.2. The minimum atomic E-state index is -0.206. The first-order valence-corrected chi connectivity index (χ1v) is 9.24. The van der Waals surface area contributed by atoms with Crippen LogP contribution in [0.25, 0.3) is 16.4 Å². The second-order valence-electron chi connectivity index (χ2n) is 4.70. The number of benzene rings is 1. The molecular formula is C16H16N4O2S2. The maximum absolute atomic E-state index is 11.7. The molecule has 124 valence electrons. The first-order chi connectivity index (χ1) is 11.8. The Morgan fingerprint density at radius 1 is 1.25 bits per heavy atom. The van der Waals surface area contributed by atoms with Gasteiger partial charge in [0.15, 0.2) is 11.0 Å². The number of aromatic nitrogens is 3. The summed E-state index contributed by atoms with van der Waals surface area (Å²) in [6.45, 7) is 2.24. The summed E-state index contributed by atoms with van der Waals surface area (Å²) in [5.74, 6) is 0.765. The third-order valence-corrected chi connectivity index (χ3v) is 4.85. The number of hydrogen-bond acceptors (Lipinski definition) is 6. The fraction of sp³-hybridized carbons (Fsp3) is 0.188. The molecule has 0 aliphatic rings. The molecular weight excluding hydrogens is 344 g/mol. The van der Waals surface area contributed by atoms with Crippen molar-refractivity contribution in [2.45, 2.75) is 12.1 Å². The smallest absolute Gasteiger partial charge is 0.254 e. The van der Waals surface area contributed by atoms with Gasteiger partial charge in [-0.15, -0.1) is 21.5 Å². The Bertz CT molecular complexity index is 788. The van der Waals surface area contributed by atoms with E-state index in [9.17, 15) is 4.79 Å². The molecule has 1 aromatic carbocycles. The molecule has 24 heavy (non-hydrogen) atoms. The summed E-state index contributed by atoms with van der Waals surface area (Å²) in [5.41, 5.74) is 3.34. The van der Waals surface area contributed by atoms with E-state index in [0.717, 1.165) is 16.4 Å². The highest BCUT2D eigenvalue weighted by Gasteiger charge is 2.17. The Morgan fingerprint density at radius 3 is 2.79 bits per heavy atom. The average molecular weight is 360 g/mol. The average Bonchev–Trinajstić information content (AvgIpc) is 3.27. The lowest BCUT2D eigenvalue weighted by atomic mass is 10.3. The van der Waals surface area contributed by atoms with E-state index in [1.165, 1.54) is 11.8 Å². The minimum Gasteiger partial charge on any atom is -0.274 e. The number of hydrogen-bond donors (Lipinski definition) is 1. The van der Waals surface area contributed by atoms with Crippen LogP contribution < -0.4 is 5.48 Å². The number of rotatable bonds is 7. The van der Waals surface area contributed by atoms with Gasteiger partial charge in [0, 0.05) is 5.69 Å². The number of para-hydroxylation sites is 1. The van der Waals surface area contributed by atoms with E-state index >= 15 is 0 Å². The van der Waals surface area contributed by atoms with Crippen molar-refractivity contribution in [3.63, 3.8) is 0 Å². The van der Waals surface area contributed by atoms with Gasteiger partial charge in [0.1, 0.15) is 0 Å². The zero-order chi connectivity index (χ0) is 16.8. The Morgan fingerprint density at radius 2 is 2.08 bits per heavy atom. The van der Waals surface area contributed by atoms with Crippen LogP contribution in [0.4, 0.5) is 0 Å². The van der Waals surface area contributed by atoms with Crippen LogP contribution >= 0.6 is 23.1 Å². The zero-order valence-corrected chi connectivity index (χ0v) is 14.6. The van der Waals surface area contributed by atoms with Gasteiger partial charge in [-0.3, -0.25) is 14.2 Å². The quantitative estimate of drug-likeness (QED) is 0.518. The number of thioether (sulfide) groups is 1. The zero-order valence-electron chi connectivity index (χ0n) is 13.0. The standard InChI is InChI=1S/C16H16N4O2S2/c1-2-22-19-14(21)11-24-16-18-17-15(13-9-6-10-23-13)20(16)12-7-4-3-5-8-12/h3-10H,2,11H2,1H3,(H,19,21). The van der Waals surface area contributed by atoms with Crippen LogP contribution in [-0.2, 0) is 9.63 Å². The van der Waals surface area contributed by atoms with Crippen molar-refractivity contribution in [3.05, 3.63) is 47.8 Å². The molecule has 0 spiro atoms. The molecule has 6 nitrogen and oxygen atoms in total. The van der Waals surface area contributed by atoms with Gasteiger partial charge >= 0.3 is 0 Å². The van der Waals surface area contributed by atoms with Crippen LogP contribution in [0, 0.1) is 0 Å². The van der Waals surface area contributed by atoms with Gasteiger partial charge in [-0.2, -0.15) is 0 Å². The van der Waals surface area contributed by atoms with Crippen LogP contribution in [0.5, 0.6) is 0 Å². The van der Waals surface area contributed by atoms with E-state index in [4.69, 9.17) is 4.84 Å². The Balaban J connectivity index is 1.88. The van der Waals surface area contributed by atoms with Gasteiger partial charge in [-0.1, -0.05) is 36.0 Å². The molecule has 3 aromatic rings. The maximum atomic E-state index is 11.7. The molecule has 0 bridgehead atoms. The van der Waals surface area contributed by atoms with E-state index in [0.29, 0.717) is 11.8 Å². The molecule has 2 heterocycles. The molecule has 0 atom stereocenters. The summed E-state index contributed by atoms with van der Waals surface area (Å²) >= 11 is 2.92. The lowest BCUT2D eigenvalue weighted by Gasteiger charge is -2.09. The van der Waals surface area contributed by atoms with Crippen LogP contribution in [0.3, 0.4) is 0 Å². The van der Waals surface area contributed by atoms with E-state index < -0.39 is 0 Å². The molecule has 3 rings (SSSR count). The van der Waals surface area contributed by atoms with Gasteiger partial charge in [0.25, 0.3) is 5.91 Å². The Labute approximate surface area is 147 Å². The highest BCUT2D eigenvalue weighted by molar-refractivity contribution is 7.99.